The maximum absolute atomic E-state index is 12.2. The van der Waals surface area contributed by atoms with E-state index in [1.165, 1.54) is 0 Å². The van der Waals surface area contributed by atoms with Crippen molar-refractivity contribution >= 4 is 11.8 Å². The number of amides is 2. The molecule has 23 heavy (non-hydrogen) atoms. The summed E-state index contributed by atoms with van der Waals surface area (Å²) in [6.07, 6.45) is 1.14. The molecule has 0 aromatic carbocycles. The average Bonchev–Trinajstić information content (AvgIpc) is 3.05. The van der Waals surface area contributed by atoms with Gasteiger partial charge in [-0.2, -0.15) is 0 Å². The van der Waals surface area contributed by atoms with Crippen LogP contribution in [0.25, 0.3) is 0 Å². The first-order chi connectivity index (χ1) is 11.0. The summed E-state index contributed by atoms with van der Waals surface area (Å²) in [5, 5.41) is 2.65. The Morgan fingerprint density at radius 3 is 2.52 bits per heavy atom. The van der Waals surface area contributed by atoms with E-state index in [9.17, 15) is 9.59 Å². The second kappa shape index (κ2) is 8.61. The van der Waals surface area contributed by atoms with E-state index in [1.807, 2.05) is 18.7 Å². The molecule has 0 aromatic rings. The second-order valence-corrected chi connectivity index (χ2v) is 6.90. The minimum atomic E-state index is -0.562. The van der Waals surface area contributed by atoms with Gasteiger partial charge >= 0.3 is 0 Å². The van der Waals surface area contributed by atoms with Crippen molar-refractivity contribution in [2.75, 3.05) is 52.5 Å². The number of nitrogens with one attached hydrogen (secondary N) is 1. The summed E-state index contributed by atoms with van der Waals surface area (Å²) in [5.74, 6) is 0.411. The third-order valence-corrected chi connectivity index (χ3v) is 4.70. The molecule has 0 aromatic heterocycles. The van der Waals surface area contributed by atoms with Gasteiger partial charge in [-0.3, -0.25) is 14.5 Å². The van der Waals surface area contributed by atoms with Crippen LogP contribution in [0.5, 0.6) is 0 Å². The van der Waals surface area contributed by atoms with Gasteiger partial charge in [-0.1, -0.05) is 13.8 Å². The van der Waals surface area contributed by atoms with Crippen molar-refractivity contribution in [1.29, 1.82) is 0 Å². The van der Waals surface area contributed by atoms with E-state index in [0.29, 0.717) is 5.92 Å². The van der Waals surface area contributed by atoms with Crippen molar-refractivity contribution in [1.82, 2.24) is 15.1 Å². The molecule has 2 aliphatic heterocycles. The van der Waals surface area contributed by atoms with Gasteiger partial charge in [-0.15, -0.1) is 0 Å². The van der Waals surface area contributed by atoms with Gasteiger partial charge in [-0.25, -0.2) is 0 Å². The van der Waals surface area contributed by atoms with Crippen molar-refractivity contribution in [2.45, 2.75) is 26.3 Å². The summed E-state index contributed by atoms with van der Waals surface area (Å²) in [6, 6.07) is -0.562. The summed E-state index contributed by atoms with van der Waals surface area (Å²) in [6.45, 7) is 9.84. The Labute approximate surface area is 138 Å². The van der Waals surface area contributed by atoms with E-state index < -0.39 is 6.04 Å². The number of rotatable bonds is 6. The standard InChI is InChI=1S/C16H30N4O3/c1-12(2)15(17)16(22)18-9-14(21)20-6-4-19(5-7-20)10-13-3-8-23-11-13/h12-13,15H,3-11,17H2,1-2H3,(H,18,22)/t13?,15-/m0/s1. The largest absolute Gasteiger partial charge is 0.381 e. The van der Waals surface area contributed by atoms with E-state index in [1.54, 1.807) is 0 Å². The summed E-state index contributed by atoms with van der Waals surface area (Å²) >= 11 is 0. The quantitative estimate of drug-likeness (QED) is 0.672. The van der Waals surface area contributed by atoms with Crippen molar-refractivity contribution in [2.24, 2.45) is 17.6 Å². The minimum absolute atomic E-state index is 0.0295. The fourth-order valence-corrected chi connectivity index (χ4v) is 2.97. The van der Waals surface area contributed by atoms with Gasteiger partial charge in [0.2, 0.25) is 11.8 Å². The number of hydrogen-bond donors (Lipinski definition) is 2. The Balaban J connectivity index is 1.66. The molecule has 0 saturated carbocycles. The highest BCUT2D eigenvalue weighted by Gasteiger charge is 2.25. The van der Waals surface area contributed by atoms with Crippen LogP contribution in [0.2, 0.25) is 0 Å². The van der Waals surface area contributed by atoms with Crippen LogP contribution < -0.4 is 11.1 Å². The van der Waals surface area contributed by atoms with E-state index in [2.05, 4.69) is 10.2 Å². The number of nitrogens with two attached hydrogens (primary N) is 1. The Kier molecular flexibility index (Phi) is 6.80. The fraction of sp³-hybridized carbons (Fsp3) is 0.875. The van der Waals surface area contributed by atoms with Gasteiger partial charge in [-0.05, 0) is 18.3 Å². The highest BCUT2D eigenvalue weighted by atomic mass is 16.5. The molecule has 7 heteroatoms. The molecule has 0 spiro atoms. The molecule has 2 amide bonds. The Bertz CT molecular complexity index is 402. The SMILES string of the molecule is CC(C)[C@H](N)C(=O)NCC(=O)N1CCN(CC2CCOC2)CC1. The summed E-state index contributed by atoms with van der Waals surface area (Å²) in [5.41, 5.74) is 5.77. The maximum atomic E-state index is 12.2. The van der Waals surface area contributed by atoms with Crippen LogP contribution in [0.15, 0.2) is 0 Å². The van der Waals surface area contributed by atoms with Crippen LogP contribution in [-0.2, 0) is 14.3 Å². The molecule has 2 atom stereocenters. The zero-order valence-corrected chi connectivity index (χ0v) is 14.3. The molecule has 7 nitrogen and oxygen atoms in total. The number of piperazine rings is 1. The molecule has 2 aliphatic rings. The van der Waals surface area contributed by atoms with Gasteiger partial charge in [0.15, 0.2) is 0 Å². The van der Waals surface area contributed by atoms with Crippen molar-refractivity contribution in [3.05, 3.63) is 0 Å². The average molecular weight is 326 g/mol. The summed E-state index contributed by atoms with van der Waals surface area (Å²) in [7, 11) is 0. The molecule has 1 unspecified atom stereocenters. The van der Waals surface area contributed by atoms with Crippen molar-refractivity contribution in [3.63, 3.8) is 0 Å². The third kappa shape index (κ3) is 5.44. The van der Waals surface area contributed by atoms with E-state index in [0.717, 1.165) is 52.4 Å². The number of carbonyl (C=O) groups excluding carboxylic acids is 2. The molecule has 2 fully saturated rings. The van der Waals surface area contributed by atoms with Crippen LogP contribution in [-0.4, -0.2) is 80.1 Å². The lowest BCUT2D eigenvalue weighted by Crippen LogP contribution is -2.53. The molecule has 3 N–H and O–H groups in total. The minimum Gasteiger partial charge on any atom is -0.381 e. The molecular weight excluding hydrogens is 296 g/mol. The zero-order valence-electron chi connectivity index (χ0n) is 14.3. The first-order valence-electron chi connectivity index (χ1n) is 8.58. The molecule has 0 bridgehead atoms. The molecule has 132 valence electrons. The molecule has 2 rings (SSSR count). The molecule has 0 aliphatic carbocycles. The highest BCUT2D eigenvalue weighted by Crippen LogP contribution is 2.15. The topological polar surface area (TPSA) is 87.9 Å². The van der Waals surface area contributed by atoms with Gasteiger partial charge in [0.25, 0.3) is 0 Å². The maximum Gasteiger partial charge on any atom is 0.242 e. The summed E-state index contributed by atoms with van der Waals surface area (Å²) in [4.78, 5) is 28.2. The van der Waals surface area contributed by atoms with Gasteiger partial charge < -0.3 is 20.7 Å². The van der Waals surface area contributed by atoms with Gasteiger partial charge in [0.05, 0.1) is 19.2 Å². The van der Waals surface area contributed by atoms with Crippen LogP contribution in [0.4, 0.5) is 0 Å². The Morgan fingerprint density at radius 1 is 1.26 bits per heavy atom. The van der Waals surface area contributed by atoms with E-state index >= 15 is 0 Å². The highest BCUT2D eigenvalue weighted by molar-refractivity contribution is 5.87. The zero-order chi connectivity index (χ0) is 16.8. The van der Waals surface area contributed by atoms with Crippen LogP contribution in [0.3, 0.4) is 0 Å². The lowest BCUT2D eigenvalue weighted by Gasteiger charge is -2.35. The van der Waals surface area contributed by atoms with Gasteiger partial charge in [0.1, 0.15) is 0 Å². The second-order valence-electron chi connectivity index (χ2n) is 6.90. The lowest BCUT2D eigenvalue weighted by molar-refractivity contribution is -0.134. The predicted octanol–water partition coefficient (Wildman–Crippen LogP) is -0.733. The number of carbonyl (C=O) groups is 2. The first-order valence-corrected chi connectivity index (χ1v) is 8.58. The normalized spacial score (nSPS) is 24.0. The fourth-order valence-electron chi connectivity index (χ4n) is 2.97. The molecule has 2 heterocycles. The van der Waals surface area contributed by atoms with Crippen LogP contribution in [0.1, 0.15) is 20.3 Å². The Morgan fingerprint density at radius 2 is 1.96 bits per heavy atom. The van der Waals surface area contributed by atoms with Crippen LogP contribution >= 0.6 is 0 Å². The predicted molar refractivity (Wildman–Crippen MR) is 87.8 cm³/mol. The van der Waals surface area contributed by atoms with Gasteiger partial charge in [0, 0.05) is 39.3 Å². The number of nitrogens with zero attached hydrogens (tertiary/aromatic N) is 2. The lowest BCUT2D eigenvalue weighted by atomic mass is 10.1. The summed E-state index contributed by atoms with van der Waals surface area (Å²) < 4.78 is 5.41. The third-order valence-electron chi connectivity index (χ3n) is 4.70. The molecular formula is C16H30N4O3. The Hall–Kier alpha value is -1.18. The van der Waals surface area contributed by atoms with Crippen molar-refractivity contribution < 1.29 is 14.3 Å². The smallest absolute Gasteiger partial charge is 0.242 e. The molecule has 0 radical (unpaired) electrons. The number of hydrogen-bond acceptors (Lipinski definition) is 5. The first kappa shape index (κ1) is 18.2. The van der Waals surface area contributed by atoms with E-state index in [4.69, 9.17) is 10.5 Å². The van der Waals surface area contributed by atoms with Crippen molar-refractivity contribution in [3.8, 4) is 0 Å². The van der Waals surface area contributed by atoms with Crippen LogP contribution in [0, 0.1) is 11.8 Å². The monoisotopic (exact) mass is 326 g/mol. The van der Waals surface area contributed by atoms with E-state index in [-0.39, 0.29) is 24.3 Å². The number of ether oxygens (including phenoxy) is 1. The molecule has 2 saturated heterocycles.